The Bertz CT molecular complexity index is 342. The lowest BCUT2D eigenvalue weighted by molar-refractivity contribution is -0.0446. The Morgan fingerprint density at radius 2 is 2.42 bits per heavy atom. The van der Waals surface area contributed by atoms with Gasteiger partial charge >= 0.3 is 0 Å². The molecule has 0 saturated carbocycles. The molecule has 1 saturated heterocycles. The van der Waals surface area contributed by atoms with Gasteiger partial charge in [0, 0.05) is 24.0 Å². The van der Waals surface area contributed by atoms with E-state index in [9.17, 15) is 0 Å². The SMILES string of the molecule is CCCNC(Cc1cccs1)C1CN(CC)CCO1. The first kappa shape index (κ1) is 15.0. The molecule has 2 heterocycles. The van der Waals surface area contributed by atoms with Gasteiger partial charge < -0.3 is 10.1 Å². The van der Waals surface area contributed by atoms with Crippen molar-refractivity contribution in [3.63, 3.8) is 0 Å². The first-order chi connectivity index (χ1) is 9.33. The van der Waals surface area contributed by atoms with Gasteiger partial charge in [-0.3, -0.25) is 4.90 Å². The number of likely N-dealkylation sites (N-methyl/N-ethyl adjacent to an activating group) is 1. The summed E-state index contributed by atoms with van der Waals surface area (Å²) in [6.07, 6.45) is 2.58. The van der Waals surface area contributed by atoms with Crippen molar-refractivity contribution in [2.75, 3.05) is 32.8 Å². The molecule has 4 heteroatoms. The predicted molar refractivity (Wildman–Crippen MR) is 82.0 cm³/mol. The fraction of sp³-hybridized carbons (Fsp3) is 0.733. The van der Waals surface area contributed by atoms with E-state index in [0.29, 0.717) is 12.1 Å². The van der Waals surface area contributed by atoms with E-state index in [2.05, 4.69) is 41.6 Å². The van der Waals surface area contributed by atoms with E-state index >= 15 is 0 Å². The van der Waals surface area contributed by atoms with Crippen molar-refractivity contribution >= 4 is 11.3 Å². The average Bonchev–Trinajstić information content (AvgIpc) is 2.96. The highest BCUT2D eigenvalue weighted by atomic mass is 32.1. The molecular formula is C15H26N2OS. The van der Waals surface area contributed by atoms with Crippen molar-refractivity contribution < 1.29 is 4.74 Å². The molecule has 108 valence electrons. The molecule has 0 radical (unpaired) electrons. The van der Waals surface area contributed by atoms with Crippen LogP contribution in [0.2, 0.25) is 0 Å². The number of thiophene rings is 1. The zero-order valence-electron chi connectivity index (χ0n) is 12.1. The number of hydrogen-bond acceptors (Lipinski definition) is 4. The zero-order chi connectivity index (χ0) is 13.5. The number of ether oxygens (including phenoxy) is 1. The van der Waals surface area contributed by atoms with Crippen LogP contribution in [-0.4, -0.2) is 49.8 Å². The summed E-state index contributed by atoms with van der Waals surface area (Å²) in [5.41, 5.74) is 0. The number of rotatable bonds is 7. The van der Waals surface area contributed by atoms with Crippen molar-refractivity contribution in [2.45, 2.75) is 38.8 Å². The van der Waals surface area contributed by atoms with Crippen LogP contribution in [0.1, 0.15) is 25.1 Å². The normalized spacial score (nSPS) is 22.5. The third-order valence-electron chi connectivity index (χ3n) is 3.73. The molecule has 1 aliphatic heterocycles. The van der Waals surface area contributed by atoms with Gasteiger partial charge in [-0.15, -0.1) is 11.3 Å². The topological polar surface area (TPSA) is 24.5 Å². The van der Waals surface area contributed by atoms with Gasteiger partial charge in [-0.1, -0.05) is 19.9 Å². The summed E-state index contributed by atoms with van der Waals surface area (Å²) in [5, 5.41) is 5.84. The molecule has 3 nitrogen and oxygen atoms in total. The predicted octanol–water partition coefficient (Wildman–Crippen LogP) is 2.38. The van der Waals surface area contributed by atoms with E-state index in [1.807, 2.05) is 11.3 Å². The molecule has 2 unspecified atom stereocenters. The van der Waals surface area contributed by atoms with Crippen LogP contribution in [0.5, 0.6) is 0 Å². The highest BCUT2D eigenvalue weighted by molar-refractivity contribution is 7.09. The summed E-state index contributed by atoms with van der Waals surface area (Å²) >= 11 is 1.85. The summed E-state index contributed by atoms with van der Waals surface area (Å²) in [6.45, 7) is 9.65. The summed E-state index contributed by atoms with van der Waals surface area (Å²) in [5.74, 6) is 0. The Kier molecular flexibility index (Phi) is 6.31. The molecule has 0 bridgehead atoms. The van der Waals surface area contributed by atoms with Gasteiger partial charge in [0.2, 0.25) is 0 Å². The highest BCUT2D eigenvalue weighted by Gasteiger charge is 2.27. The van der Waals surface area contributed by atoms with Gasteiger partial charge in [0.15, 0.2) is 0 Å². The standard InChI is InChI=1S/C15H26N2OS/c1-3-7-16-14(11-13-6-5-10-19-13)15-12-17(4-2)8-9-18-15/h5-6,10,14-16H,3-4,7-9,11-12H2,1-2H3. The quantitative estimate of drug-likeness (QED) is 0.831. The summed E-state index contributed by atoms with van der Waals surface area (Å²) in [4.78, 5) is 3.94. The van der Waals surface area contributed by atoms with Gasteiger partial charge in [0.25, 0.3) is 0 Å². The number of hydrogen-bond donors (Lipinski definition) is 1. The van der Waals surface area contributed by atoms with E-state index in [-0.39, 0.29) is 0 Å². The first-order valence-corrected chi connectivity index (χ1v) is 8.31. The van der Waals surface area contributed by atoms with Gasteiger partial charge in [-0.2, -0.15) is 0 Å². The lowest BCUT2D eigenvalue weighted by Crippen LogP contribution is -2.53. The molecule has 2 rings (SSSR count). The van der Waals surface area contributed by atoms with Crippen molar-refractivity contribution in [1.29, 1.82) is 0 Å². The molecule has 19 heavy (non-hydrogen) atoms. The summed E-state index contributed by atoms with van der Waals surface area (Å²) in [6, 6.07) is 4.80. The second kappa shape index (κ2) is 8.00. The third kappa shape index (κ3) is 4.56. The monoisotopic (exact) mass is 282 g/mol. The first-order valence-electron chi connectivity index (χ1n) is 7.43. The Hall–Kier alpha value is -0.420. The van der Waals surface area contributed by atoms with Crippen molar-refractivity contribution in [3.8, 4) is 0 Å². The largest absolute Gasteiger partial charge is 0.374 e. The Labute approximate surface area is 121 Å². The van der Waals surface area contributed by atoms with E-state index in [0.717, 1.165) is 39.2 Å². The fourth-order valence-corrected chi connectivity index (χ4v) is 3.34. The van der Waals surface area contributed by atoms with Gasteiger partial charge in [-0.25, -0.2) is 0 Å². The lowest BCUT2D eigenvalue weighted by Gasteiger charge is -2.37. The number of nitrogens with zero attached hydrogens (tertiary/aromatic N) is 1. The van der Waals surface area contributed by atoms with Crippen LogP contribution in [0.25, 0.3) is 0 Å². The van der Waals surface area contributed by atoms with E-state index in [1.54, 1.807) is 0 Å². The van der Waals surface area contributed by atoms with Gasteiger partial charge in [0.05, 0.1) is 12.7 Å². The van der Waals surface area contributed by atoms with Crippen LogP contribution in [0.4, 0.5) is 0 Å². The zero-order valence-corrected chi connectivity index (χ0v) is 12.9. The van der Waals surface area contributed by atoms with Crippen LogP contribution in [-0.2, 0) is 11.2 Å². The minimum absolute atomic E-state index is 0.322. The molecule has 0 aliphatic carbocycles. The second-order valence-corrected chi connectivity index (χ2v) is 6.18. The molecule has 0 amide bonds. The average molecular weight is 282 g/mol. The molecular weight excluding hydrogens is 256 g/mol. The van der Waals surface area contributed by atoms with Gasteiger partial charge in [0.1, 0.15) is 0 Å². The van der Waals surface area contributed by atoms with E-state index in [1.165, 1.54) is 11.3 Å². The maximum absolute atomic E-state index is 6.02. The summed E-state index contributed by atoms with van der Waals surface area (Å²) in [7, 11) is 0. The lowest BCUT2D eigenvalue weighted by atomic mass is 10.0. The maximum Gasteiger partial charge on any atom is 0.0858 e. The number of nitrogens with one attached hydrogen (secondary N) is 1. The van der Waals surface area contributed by atoms with Gasteiger partial charge in [-0.05, 0) is 37.4 Å². The highest BCUT2D eigenvalue weighted by Crippen LogP contribution is 2.17. The fourth-order valence-electron chi connectivity index (χ4n) is 2.57. The van der Waals surface area contributed by atoms with Crippen LogP contribution < -0.4 is 5.32 Å². The van der Waals surface area contributed by atoms with Crippen LogP contribution in [0.3, 0.4) is 0 Å². The molecule has 1 aromatic rings. The number of morpholine rings is 1. The smallest absolute Gasteiger partial charge is 0.0858 e. The third-order valence-corrected chi connectivity index (χ3v) is 4.63. The van der Waals surface area contributed by atoms with Crippen molar-refractivity contribution in [3.05, 3.63) is 22.4 Å². The molecule has 1 N–H and O–H groups in total. The molecule has 0 aromatic carbocycles. The van der Waals surface area contributed by atoms with E-state index in [4.69, 9.17) is 4.74 Å². The molecule has 0 spiro atoms. The van der Waals surface area contributed by atoms with Crippen LogP contribution in [0, 0.1) is 0 Å². The Morgan fingerprint density at radius 1 is 1.53 bits per heavy atom. The molecule has 1 aliphatic rings. The summed E-state index contributed by atoms with van der Waals surface area (Å²) < 4.78 is 6.02. The Morgan fingerprint density at radius 3 is 3.11 bits per heavy atom. The van der Waals surface area contributed by atoms with Crippen molar-refractivity contribution in [2.24, 2.45) is 0 Å². The Balaban J connectivity index is 1.95. The maximum atomic E-state index is 6.02. The molecule has 2 atom stereocenters. The second-order valence-electron chi connectivity index (χ2n) is 5.15. The molecule has 1 fully saturated rings. The van der Waals surface area contributed by atoms with Crippen LogP contribution in [0.15, 0.2) is 17.5 Å². The molecule has 1 aromatic heterocycles. The minimum atomic E-state index is 0.322. The van der Waals surface area contributed by atoms with Crippen LogP contribution >= 0.6 is 11.3 Å². The van der Waals surface area contributed by atoms with Crippen molar-refractivity contribution in [1.82, 2.24) is 10.2 Å². The minimum Gasteiger partial charge on any atom is -0.374 e. The van der Waals surface area contributed by atoms with E-state index < -0.39 is 0 Å².